The highest BCUT2D eigenvalue weighted by molar-refractivity contribution is 5.78. The van der Waals surface area contributed by atoms with Crippen LogP contribution in [0.3, 0.4) is 0 Å². The number of nitrogens with zero attached hydrogens (tertiary/aromatic N) is 1. The molecular weight excluding hydrogens is 364 g/mol. The molecule has 5 nitrogen and oxygen atoms in total. The second kappa shape index (κ2) is 8.46. The number of carbonyl (C=O) groups is 1. The first-order valence-electron chi connectivity index (χ1n) is 10.5. The highest BCUT2D eigenvalue weighted by Crippen LogP contribution is 2.47. The zero-order valence-electron chi connectivity index (χ0n) is 17.5. The Morgan fingerprint density at radius 3 is 2.59 bits per heavy atom. The number of nitrogens with one attached hydrogen (secondary N) is 1. The molecule has 3 atom stereocenters. The van der Waals surface area contributed by atoms with Crippen LogP contribution in [0, 0.1) is 12.8 Å². The minimum absolute atomic E-state index is 0.0995. The number of fused-ring (bicyclic) bond motifs is 1. The Balaban J connectivity index is 1.61. The average Bonchev–Trinajstić information content (AvgIpc) is 3.31. The number of hydrogen-bond acceptors (Lipinski definition) is 4. The lowest BCUT2D eigenvalue weighted by Crippen LogP contribution is -2.37. The van der Waals surface area contributed by atoms with Gasteiger partial charge in [-0.2, -0.15) is 0 Å². The van der Waals surface area contributed by atoms with Crippen molar-refractivity contribution in [2.75, 3.05) is 26.4 Å². The number of aryl methyl sites for hydroxylation is 1. The molecule has 2 aromatic carbocycles. The van der Waals surface area contributed by atoms with Crippen LogP contribution in [-0.2, 0) is 4.79 Å². The molecule has 0 aliphatic carbocycles. The summed E-state index contributed by atoms with van der Waals surface area (Å²) >= 11 is 0. The molecule has 1 N–H and O–H groups in total. The second-order valence-corrected chi connectivity index (χ2v) is 8.21. The topological polar surface area (TPSA) is 50.8 Å². The molecule has 2 heterocycles. The van der Waals surface area contributed by atoms with E-state index in [1.54, 1.807) is 0 Å². The fourth-order valence-corrected chi connectivity index (χ4v) is 4.58. The van der Waals surface area contributed by atoms with Gasteiger partial charge in [0.1, 0.15) is 0 Å². The molecule has 0 saturated carbocycles. The first-order chi connectivity index (χ1) is 14.1. The third-order valence-electron chi connectivity index (χ3n) is 6.12. The van der Waals surface area contributed by atoms with E-state index in [0.717, 1.165) is 31.0 Å². The number of rotatable bonds is 6. The number of amides is 1. The van der Waals surface area contributed by atoms with Crippen molar-refractivity contribution in [1.82, 2.24) is 10.2 Å². The average molecular weight is 395 g/mol. The van der Waals surface area contributed by atoms with Gasteiger partial charge >= 0.3 is 0 Å². The SMILES string of the molecule is CCCNC(=O)CN1CC(c2ccc3c(c2)OCO3)C(C)C1c1ccc(C)cc1. The maximum Gasteiger partial charge on any atom is 0.234 e. The lowest BCUT2D eigenvalue weighted by molar-refractivity contribution is -0.122. The molecule has 0 bridgehead atoms. The molecule has 3 unspecified atom stereocenters. The Hall–Kier alpha value is -2.53. The highest BCUT2D eigenvalue weighted by Gasteiger charge is 2.41. The van der Waals surface area contributed by atoms with E-state index < -0.39 is 0 Å². The van der Waals surface area contributed by atoms with E-state index in [0.29, 0.717) is 18.4 Å². The molecule has 2 aliphatic heterocycles. The van der Waals surface area contributed by atoms with Crippen molar-refractivity contribution in [2.24, 2.45) is 5.92 Å². The minimum atomic E-state index is 0.0995. The van der Waals surface area contributed by atoms with Crippen molar-refractivity contribution in [3.05, 3.63) is 59.2 Å². The van der Waals surface area contributed by atoms with E-state index in [9.17, 15) is 4.79 Å². The van der Waals surface area contributed by atoms with Crippen LogP contribution < -0.4 is 14.8 Å². The fourth-order valence-electron chi connectivity index (χ4n) is 4.58. The summed E-state index contributed by atoms with van der Waals surface area (Å²) in [6.45, 7) is 8.75. The summed E-state index contributed by atoms with van der Waals surface area (Å²) in [5.74, 6) is 2.43. The molecule has 5 heteroatoms. The Bertz CT molecular complexity index is 865. The lowest BCUT2D eigenvalue weighted by Gasteiger charge is -2.27. The summed E-state index contributed by atoms with van der Waals surface area (Å²) in [4.78, 5) is 14.8. The van der Waals surface area contributed by atoms with Gasteiger partial charge in [0.15, 0.2) is 11.5 Å². The van der Waals surface area contributed by atoms with E-state index in [-0.39, 0.29) is 18.7 Å². The summed E-state index contributed by atoms with van der Waals surface area (Å²) in [5.41, 5.74) is 3.77. The van der Waals surface area contributed by atoms with E-state index in [1.807, 2.05) is 6.07 Å². The number of carbonyl (C=O) groups excluding carboxylic acids is 1. The standard InChI is InChI=1S/C24H30N2O3/c1-4-11-25-23(27)14-26-13-20(19-9-10-21-22(12-19)29-15-28-21)17(3)24(26)18-7-5-16(2)6-8-18/h5-10,12,17,20,24H,4,11,13-15H2,1-3H3,(H,25,27). The fraction of sp³-hybridized carbons (Fsp3) is 0.458. The van der Waals surface area contributed by atoms with Gasteiger partial charge in [0.05, 0.1) is 6.54 Å². The zero-order chi connectivity index (χ0) is 20.4. The quantitative estimate of drug-likeness (QED) is 0.804. The van der Waals surface area contributed by atoms with E-state index in [2.05, 4.69) is 67.4 Å². The number of benzene rings is 2. The Morgan fingerprint density at radius 1 is 1.10 bits per heavy atom. The molecule has 29 heavy (non-hydrogen) atoms. The van der Waals surface area contributed by atoms with E-state index in [1.165, 1.54) is 16.7 Å². The summed E-state index contributed by atoms with van der Waals surface area (Å²) < 4.78 is 11.1. The van der Waals surface area contributed by atoms with Gasteiger partial charge in [-0.15, -0.1) is 0 Å². The van der Waals surface area contributed by atoms with Gasteiger partial charge in [0.25, 0.3) is 0 Å². The molecule has 2 aromatic rings. The van der Waals surface area contributed by atoms with Gasteiger partial charge in [-0.25, -0.2) is 0 Å². The van der Waals surface area contributed by atoms with Gasteiger partial charge in [-0.3, -0.25) is 9.69 Å². The lowest BCUT2D eigenvalue weighted by atomic mass is 9.84. The minimum Gasteiger partial charge on any atom is -0.454 e. The van der Waals surface area contributed by atoms with Crippen molar-refractivity contribution in [1.29, 1.82) is 0 Å². The van der Waals surface area contributed by atoms with Gasteiger partial charge in [0.2, 0.25) is 12.7 Å². The molecule has 1 saturated heterocycles. The van der Waals surface area contributed by atoms with Gasteiger partial charge in [-0.05, 0) is 42.5 Å². The Morgan fingerprint density at radius 2 is 1.83 bits per heavy atom. The third-order valence-corrected chi connectivity index (χ3v) is 6.12. The van der Waals surface area contributed by atoms with E-state index >= 15 is 0 Å². The first-order valence-corrected chi connectivity index (χ1v) is 10.5. The van der Waals surface area contributed by atoms with Crippen molar-refractivity contribution in [2.45, 2.75) is 39.2 Å². The zero-order valence-corrected chi connectivity index (χ0v) is 17.5. The van der Waals surface area contributed by atoms with Gasteiger partial charge < -0.3 is 14.8 Å². The van der Waals surface area contributed by atoms with Gasteiger partial charge in [0, 0.05) is 25.0 Å². The van der Waals surface area contributed by atoms with Gasteiger partial charge in [-0.1, -0.05) is 49.7 Å². The Kier molecular flexibility index (Phi) is 5.76. The van der Waals surface area contributed by atoms with E-state index in [4.69, 9.17) is 9.47 Å². The normalized spacial score (nSPS) is 23.3. The Labute approximate surface area is 173 Å². The molecule has 0 radical (unpaired) electrons. The van der Waals surface area contributed by atoms with Crippen molar-refractivity contribution in [3.63, 3.8) is 0 Å². The number of hydrogen-bond donors (Lipinski definition) is 1. The number of ether oxygens (including phenoxy) is 2. The van der Waals surface area contributed by atoms with Crippen molar-refractivity contribution in [3.8, 4) is 11.5 Å². The maximum absolute atomic E-state index is 12.5. The number of likely N-dealkylation sites (tertiary alicyclic amines) is 1. The van der Waals surface area contributed by atoms with Crippen LogP contribution in [0.5, 0.6) is 11.5 Å². The largest absolute Gasteiger partial charge is 0.454 e. The molecular formula is C24H30N2O3. The molecule has 154 valence electrons. The van der Waals surface area contributed by atoms with Crippen LogP contribution >= 0.6 is 0 Å². The van der Waals surface area contributed by atoms with Crippen LogP contribution in [0.1, 0.15) is 48.9 Å². The molecule has 0 spiro atoms. The summed E-state index contributed by atoms with van der Waals surface area (Å²) in [6, 6.07) is 15.2. The first kappa shape index (κ1) is 19.8. The van der Waals surface area contributed by atoms with Crippen LogP contribution in [0.2, 0.25) is 0 Å². The monoisotopic (exact) mass is 394 g/mol. The van der Waals surface area contributed by atoms with Crippen LogP contribution in [-0.4, -0.2) is 37.2 Å². The summed E-state index contributed by atoms with van der Waals surface area (Å²) in [5, 5.41) is 3.03. The molecule has 1 amide bonds. The predicted molar refractivity (Wildman–Crippen MR) is 113 cm³/mol. The smallest absolute Gasteiger partial charge is 0.234 e. The van der Waals surface area contributed by atoms with Crippen molar-refractivity contribution >= 4 is 5.91 Å². The molecule has 4 rings (SSSR count). The van der Waals surface area contributed by atoms with Crippen LogP contribution in [0.25, 0.3) is 0 Å². The summed E-state index contributed by atoms with van der Waals surface area (Å²) in [7, 11) is 0. The highest BCUT2D eigenvalue weighted by atomic mass is 16.7. The predicted octanol–water partition coefficient (Wildman–Crippen LogP) is 4.03. The van der Waals surface area contributed by atoms with Crippen LogP contribution in [0.15, 0.2) is 42.5 Å². The van der Waals surface area contributed by atoms with Crippen molar-refractivity contribution < 1.29 is 14.3 Å². The third kappa shape index (κ3) is 4.10. The molecule has 2 aliphatic rings. The second-order valence-electron chi connectivity index (χ2n) is 8.21. The van der Waals surface area contributed by atoms with Crippen LogP contribution in [0.4, 0.5) is 0 Å². The summed E-state index contributed by atoms with van der Waals surface area (Å²) in [6.07, 6.45) is 0.948. The molecule has 0 aromatic heterocycles. The maximum atomic E-state index is 12.5. The molecule has 1 fully saturated rings.